The molecule has 3 aromatic rings. The van der Waals surface area contributed by atoms with Gasteiger partial charge in [0.1, 0.15) is 0 Å². The normalized spacial score (nSPS) is 11.0. The van der Waals surface area contributed by atoms with Crippen molar-refractivity contribution >= 4 is 40.2 Å². The molecule has 0 bridgehead atoms. The number of esters is 1. The highest BCUT2D eigenvalue weighted by Gasteiger charge is 2.19. The lowest BCUT2D eigenvalue weighted by atomic mass is 10.1. The van der Waals surface area contributed by atoms with E-state index in [1.165, 1.54) is 12.1 Å². The van der Waals surface area contributed by atoms with Gasteiger partial charge in [-0.1, -0.05) is 42.1 Å². The van der Waals surface area contributed by atoms with Crippen LogP contribution in [-0.4, -0.2) is 29.2 Å². The van der Waals surface area contributed by atoms with Crippen molar-refractivity contribution < 1.29 is 23.1 Å². The lowest BCUT2D eigenvalue weighted by Gasteiger charge is -2.10. The predicted octanol–water partition coefficient (Wildman–Crippen LogP) is 4.59. The van der Waals surface area contributed by atoms with Crippen LogP contribution in [0.15, 0.2) is 53.4 Å². The number of amides is 1. The number of halogens is 2. The number of rotatable bonds is 6. The molecule has 1 heterocycles. The summed E-state index contributed by atoms with van der Waals surface area (Å²) >= 11 is 0.333. The number of aromatic amines is 1. The molecule has 2 aromatic carbocycles. The Morgan fingerprint density at radius 2 is 1.85 bits per heavy atom. The third-order valence-corrected chi connectivity index (χ3v) is 4.60. The number of anilines is 1. The van der Waals surface area contributed by atoms with Gasteiger partial charge in [0.15, 0.2) is 6.61 Å². The summed E-state index contributed by atoms with van der Waals surface area (Å²) in [4.78, 5) is 27.8. The highest BCUT2D eigenvalue weighted by atomic mass is 32.2. The molecule has 0 aliphatic heterocycles. The monoisotopic (exact) mass is 390 g/mol. The van der Waals surface area contributed by atoms with Crippen LogP contribution in [0.1, 0.15) is 16.1 Å². The maximum atomic E-state index is 12.6. The van der Waals surface area contributed by atoms with Crippen molar-refractivity contribution in [2.75, 3.05) is 11.9 Å². The van der Waals surface area contributed by atoms with Crippen molar-refractivity contribution in [1.29, 1.82) is 0 Å². The summed E-state index contributed by atoms with van der Waals surface area (Å²) in [6.07, 6.45) is 0. The van der Waals surface area contributed by atoms with Gasteiger partial charge < -0.3 is 15.0 Å². The molecule has 0 aliphatic carbocycles. The van der Waals surface area contributed by atoms with Crippen molar-refractivity contribution in [2.24, 2.45) is 0 Å². The first-order valence-corrected chi connectivity index (χ1v) is 8.92. The Morgan fingerprint density at radius 3 is 2.63 bits per heavy atom. The molecule has 0 fully saturated rings. The van der Waals surface area contributed by atoms with Crippen LogP contribution >= 0.6 is 11.8 Å². The highest BCUT2D eigenvalue weighted by molar-refractivity contribution is 7.99. The minimum Gasteiger partial charge on any atom is -0.452 e. The maximum absolute atomic E-state index is 12.6. The smallest absolute Gasteiger partial charge is 0.341 e. The molecule has 2 N–H and O–H groups in total. The lowest BCUT2D eigenvalue weighted by Crippen LogP contribution is -2.21. The number of hydrogen-bond donors (Lipinski definition) is 2. The van der Waals surface area contributed by atoms with Gasteiger partial charge >= 0.3 is 5.97 Å². The van der Waals surface area contributed by atoms with Crippen LogP contribution in [0.4, 0.5) is 14.5 Å². The number of alkyl halides is 2. The molecule has 0 aliphatic rings. The van der Waals surface area contributed by atoms with E-state index in [1.807, 2.05) is 12.1 Å². The second-order valence-electron chi connectivity index (χ2n) is 5.67. The summed E-state index contributed by atoms with van der Waals surface area (Å²) in [6, 6.07) is 13.5. The summed E-state index contributed by atoms with van der Waals surface area (Å²) in [5.41, 5.74) is 2.05. The van der Waals surface area contributed by atoms with E-state index in [2.05, 4.69) is 10.3 Å². The molecule has 1 amide bonds. The van der Waals surface area contributed by atoms with E-state index < -0.39 is 24.2 Å². The van der Waals surface area contributed by atoms with Crippen LogP contribution in [0.25, 0.3) is 10.9 Å². The van der Waals surface area contributed by atoms with Gasteiger partial charge in [-0.25, -0.2) is 4.79 Å². The molecule has 8 heteroatoms. The molecular formula is C19H16F2N2O3S. The van der Waals surface area contributed by atoms with Crippen molar-refractivity contribution in [3.8, 4) is 0 Å². The summed E-state index contributed by atoms with van der Waals surface area (Å²) in [6.45, 7) is 1.22. The quantitative estimate of drug-likeness (QED) is 0.477. The molecular weight excluding hydrogens is 374 g/mol. The minimum absolute atomic E-state index is 0.236. The molecule has 3 rings (SSSR count). The third-order valence-electron chi connectivity index (χ3n) is 3.81. The zero-order valence-electron chi connectivity index (χ0n) is 14.3. The Bertz CT molecular complexity index is 988. The third kappa shape index (κ3) is 4.46. The molecule has 5 nitrogen and oxygen atoms in total. The fourth-order valence-electron chi connectivity index (χ4n) is 2.70. The number of aromatic nitrogens is 1. The van der Waals surface area contributed by atoms with Crippen LogP contribution in [-0.2, 0) is 9.53 Å². The second kappa shape index (κ2) is 8.22. The number of hydrogen-bond acceptors (Lipinski definition) is 4. The average molecular weight is 390 g/mol. The first-order valence-electron chi connectivity index (χ1n) is 8.04. The Morgan fingerprint density at radius 1 is 1.15 bits per heavy atom. The van der Waals surface area contributed by atoms with Crippen LogP contribution in [0.2, 0.25) is 0 Å². The van der Waals surface area contributed by atoms with Gasteiger partial charge in [-0.2, -0.15) is 8.78 Å². The van der Waals surface area contributed by atoms with Crippen LogP contribution in [0.5, 0.6) is 0 Å². The van der Waals surface area contributed by atoms with Crippen molar-refractivity contribution in [2.45, 2.75) is 17.6 Å². The zero-order chi connectivity index (χ0) is 19.4. The van der Waals surface area contributed by atoms with Crippen molar-refractivity contribution in [1.82, 2.24) is 4.98 Å². The Balaban J connectivity index is 1.66. The van der Waals surface area contributed by atoms with Gasteiger partial charge in [-0.05, 0) is 25.1 Å². The van der Waals surface area contributed by atoms with Crippen molar-refractivity contribution in [3.05, 3.63) is 59.8 Å². The SMILES string of the molecule is Cc1[nH]c2ccccc2c1C(=O)OCC(=O)Nc1ccccc1SC(F)F. The molecule has 0 saturated carbocycles. The zero-order valence-corrected chi connectivity index (χ0v) is 15.1. The number of carbonyl (C=O) groups excluding carboxylic acids is 2. The number of ether oxygens (including phenoxy) is 1. The molecule has 27 heavy (non-hydrogen) atoms. The van der Waals surface area contributed by atoms with Gasteiger partial charge in [0.25, 0.3) is 11.7 Å². The first-order chi connectivity index (χ1) is 13.0. The molecule has 140 valence electrons. The topological polar surface area (TPSA) is 71.2 Å². The lowest BCUT2D eigenvalue weighted by molar-refractivity contribution is -0.119. The van der Waals surface area contributed by atoms with Crippen molar-refractivity contribution in [3.63, 3.8) is 0 Å². The molecule has 0 spiro atoms. The van der Waals surface area contributed by atoms with E-state index in [0.717, 1.165) is 5.52 Å². The molecule has 0 saturated heterocycles. The van der Waals surface area contributed by atoms with E-state index in [4.69, 9.17) is 4.74 Å². The Hall–Kier alpha value is -2.87. The number of carbonyl (C=O) groups is 2. The summed E-state index contributed by atoms with van der Waals surface area (Å²) in [5.74, 6) is -3.84. The Labute approximate surface area is 158 Å². The van der Waals surface area contributed by atoms with Gasteiger partial charge in [-0.15, -0.1) is 0 Å². The predicted molar refractivity (Wildman–Crippen MR) is 100 cm³/mol. The van der Waals surface area contributed by atoms with E-state index in [1.54, 1.807) is 31.2 Å². The summed E-state index contributed by atoms with van der Waals surface area (Å²) < 4.78 is 30.3. The van der Waals surface area contributed by atoms with E-state index in [0.29, 0.717) is 28.4 Å². The summed E-state index contributed by atoms with van der Waals surface area (Å²) in [7, 11) is 0. The largest absolute Gasteiger partial charge is 0.452 e. The van der Waals surface area contributed by atoms with E-state index in [9.17, 15) is 18.4 Å². The van der Waals surface area contributed by atoms with Crippen LogP contribution in [0.3, 0.4) is 0 Å². The number of thioether (sulfide) groups is 1. The number of aryl methyl sites for hydroxylation is 1. The van der Waals surface area contributed by atoms with Gasteiger partial charge in [-0.3, -0.25) is 4.79 Å². The Kier molecular flexibility index (Phi) is 5.75. The number of benzene rings is 2. The summed E-state index contributed by atoms with van der Waals surface area (Å²) in [5, 5.41) is 3.20. The van der Waals surface area contributed by atoms with Gasteiger partial charge in [0.05, 0.1) is 11.3 Å². The fraction of sp³-hybridized carbons (Fsp3) is 0.158. The highest BCUT2D eigenvalue weighted by Crippen LogP contribution is 2.31. The molecule has 0 unspecified atom stereocenters. The average Bonchev–Trinajstić information content (AvgIpc) is 2.96. The van der Waals surface area contributed by atoms with Gasteiger partial charge in [0, 0.05) is 21.5 Å². The fourth-order valence-corrected chi connectivity index (χ4v) is 3.29. The number of H-pyrrole nitrogens is 1. The van der Waals surface area contributed by atoms with E-state index in [-0.39, 0.29) is 10.6 Å². The molecule has 0 atom stereocenters. The minimum atomic E-state index is -2.61. The van der Waals surface area contributed by atoms with E-state index >= 15 is 0 Å². The number of fused-ring (bicyclic) bond motifs is 1. The van der Waals surface area contributed by atoms with Crippen LogP contribution < -0.4 is 5.32 Å². The maximum Gasteiger partial charge on any atom is 0.341 e. The number of nitrogens with one attached hydrogen (secondary N) is 2. The number of para-hydroxylation sites is 2. The standard InChI is InChI=1S/C19H16F2N2O3S/c1-11-17(12-6-2-3-7-13(12)22-11)18(25)26-10-16(24)23-14-8-4-5-9-15(14)27-19(20)21/h2-9,19,22H,10H2,1H3,(H,23,24). The molecule has 1 aromatic heterocycles. The van der Waals surface area contributed by atoms with Crippen LogP contribution in [0, 0.1) is 6.92 Å². The second-order valence-corrected chi connectivity index (χ2v) is 6.70. The molecule has 0 radical (unpaired) electrons. The van der Waals surface area contributed by atoms with Gasteiger partial charge in [0.2, 0.25) is 0 Å². The first kappa shape index (κ1) is 18.9.